The van der Waals surface area contributed by atoms with Crippen molar-refractivity contribution in [3.05, 3.63) is 54.6 Å². The zero-order valence-corrected chi connectivity index (χ0v) is 15.0. The maximum absolute atomic E-state index is 12.3. The summed E-state index contributed by atoms with van der Waals surface area (Å²) in [7, 11) is 1.75. The molecule has 0 saturated carbocycles. The number of rotatable bonds is 7. The van der Waals surface area contributed by atoms with Gasteiger partial charge < -0.3 is 10.6 Å². The Morgan fingerprint density at radius 1 is 0.920 bits per heavy atom. The highest BCUT2D eigenvalue weighted by atomic mass is 16.2. The highest BCUT2D eigenvalue weighted by molar-refractivity contribution is 5.96. The molecule has 0 saturated heterocycles. The smallest absolute Gasteiger partial charge is 0.238 e. The summed E-state index contributed by atoms with van der Waals surface area (Å²) in [6.45, 7) is 4.15. The number of benzene rings is 2. The van der Waals surface area contributed by atoms with Crippen LogP contribution in [0, 0.1) is 0 Å². The van der Waals surface area contributed by atoms with Crippen LogP contribution in [-0.4, -0.2) is 42.9 Å². The minimum absolute atomic E-state index is 0.0880. The first-order valence-electron chi connectivity index (χ1n) is 8.38. The van der Waals surface area contributed by atoms with Gasteiger partial charge in [0, 0.05) is 17.3 Å². The molecule has 2 amide bonds. The molecule has 5 heteroatoms. The average molecular weight is 339 g/mol. The van der Waals surface area contributed by atoms with E-state index >= 15 is 0 Å². The molecule has 0 aliphatic heterocycles. The lowest BCUT2D eigenvalue weighted by atomic mass is 10.0. The number of hydrogen-bond acceptors (Lipinski definition) is 3. The average Bonchev–Trinajstić information content (AvgIpc) is 2.55. The molecule has 0 aliphatic rings. The molecule has 0 atom stereocenters. The summed E-state index contributed by atoms with van der Waals surface area (Å²) in [6.07, 6.45) is 0. The number of nitrogens with zero attached hydrogens (tertiary/aromatic N) is 1. The predicted octanol–water partition coefficient (Wildman–Crippen LogP) is 2.75. The molecule has 132 valence electrons. The van der Waals surface area contributed by atoms with Crippen LogP contribution in [-0.2, 0) is 9.59 Å². The summed E-state index contributed by atoms with van der Waals surface area (Å²) in [5, 5.41) is 5.76. The van der Waals surface area contributed by atoms with Crippen LogP contribution in [0.1, 0.15) is 13.8 Å². The fraction of sp³-hybridized carbons (Fsp3) is 0.300. The molecule has 0 aliphatic carbocycles. The van der Waals surface area contributed by atoms with Crippen LogP contribution >= 0.6 is 0 Å². The van der Waals surface area contributed by atoms with E-state index in [1.54, 1.807) is 11.9 Å². The minimum atomic E-state index is -0.150. The molecule has 2 N–H and O–H groups in total. The summed E-state index contributed by atoms with van der Waals surface area (Å²) in [4.78, 5) is 25.8. The lowest BCUT2D eigenvalue weighted by molar-refractivity contribution is -0.123. The van der Waals surface area contributed by atoms with E-state index in [0.29, 0.717) is 0 Å². The Labute approximate surface area is 149 Å². The van der Waals surface area contributed by atoms with E-state index in [-0.39, 0.29) is 30.9 Å². The van der Waals surface area contributed by atoms with Gasteiger partial charge in [-0.25, -0.2) is 0 Å². The molecular weight excluding hydrogens is 314 g/mol. The van der Waals surface area contributed by atoms with Gasteiger partial charge in [0.05, 0.1) is 13.1 Å². The van der Waals surface area contributed by atoms with Crippen molar-refractivity contribution in [3.63, 3.8) is 0 Å². The van der Waals surface area contributed by atoms with Crippen molar-refractivity contribution in [1.29, 1.82) is 0 Å². The summed E-state index contributed by atoms with van der Waals surface area (Å²) in [6, 6.07) is 17.7. The van der Waals surface area contributed by atoms with Crippen LogP contribution in [0.15, 0.2) is 54.6 Å². The van der Waals surface area contributed by atoms with E-state index in [2.05, 4.69) is 10.6 Å². The Balaban J connectivity index is 1.98. The van der Waals surface area contributed by atoms with E-state index in [1.165, 1.54) is 0 Å². The highest BCUT2D eigenvalue weighted by Gasteiger charge is 2.13. The molecule has 0 radical (unpaired) electrons. The normalized spacial score (nSPS) is 10.8. The SMILES string of the molecule is CC(C)NC(=O)CN(C)CC(=O)Nc1ccccc1-c1ccccc1. The number of carbonyl (C=O) groups is 2. The fourth-order valence-corrected chi connectivity index (χ4v) is 2.57. The second-order valence-corrected chi connectivity index (χ2v) is 6.35. The molecule has 2 aromatic rings. The first kappa shape index (κ1) is 18.7. The van der Waals surface area contributed by atoms with Crippen LogP contribution in [0.5, 0.6) is 0 Å². The minimum Gasteiger partial charge on any atom is -0.353 e. The van der Waals surface area contributed by atoms with E-state index in [0.717, 1.165) is 16.8 Å². The van der Waals surface area contributed by atoms with Crippen molar-refractivity contribution in [1.82, 2.24) is 10.2 Å². The Morgan fingerprint density at radius 3 is 2.20 bits per heavy atom. The molecule has 2 aromatic carbocycles. The Hall–Kier alpha value is -2.66. The lowest BCUT2D eigenvalue weighted by Gasteiger charge is -2.18. The van der Waals surface area contributed by atoms with Crippen LogP contribution in [0.3, 0.4) is 0 Å². The molecule has 0 unspecified atom stereocenters. The van der Waals surface area contributed by atoms with Gasteiger partial charge in [0.1, 0.15) is 0 Å². The van der Waals surface area contributed by atoms with Crippen molar-refractivity contribution in [2.75, 3.05) is 25.5 Å². The third kappa shape index (κ3) is 6.04. The Bertz CT molecular complexity index is 714. The van der Waals surface area contributed by atoms with Gasteiger partial charge in [-0.15, -0.1) is 0 Å². The summed E-state index contributed by atoms with van der Waals surface area (Å²) in [5.41, 5.74) is 2.78. The monoisotopic (exact) mass is 339 g/mol. The number of hydrogen-bond donors (Lipinski definition) is 2. The Morgan fingerprint density at radius 2 is 1.52 bits per heavy atom. The van der Waals surface area contributed by atoms with Gasteiger partial charge in [0.25, 0.3) is 0 Å². The summed E-state index contributed by atoms with van der Waals surface area (Å²) < 4.78 is 0. The van der Waals surface area contributed by atoms with E-state index < -0.39 is 0 Å². The third-order valence-corrected chi connectivity index (χ3v) is 3.56. The molecule has 0 spiro atoms. The quantitative estimate of drug-likeness (QED) is 0.815. The van der Waals surface area contributed by atoms with Gasteiger partial charge in [0.15, 0.2) is 0 Å². The molecule has 5 nitrogen and oxygen atoms in total. The molecule has 0 aromatic heterocycles. The van der Waals surface area contributed by atoms with Gasteiger partial charge >= 0.3 is 0 Å². The second kappa shape index (κ2) is 8.99. The van der Waals surface area contributed by atoms with E-state index in [4.69, 9.17) is 0 Å². The maximum Gasteiger partial charge on any atom is 0.238 e. The molecule has 0 heterocycles. The summed E-state index contributed by atoms with van der Waals surface area (Å²) >= 11 is 0. The number of likely N-dealkylation sites (N-methyl/N-ethyl adjacent to an activating group) is 1. The first-order chi connectivity index (χ1) is 12.0. The van der Waals surface area contributed by atoms with E-state index in [9.17, 15) is 9.59 Å². The number of para-hydroxylation sites is 1. The number of carbonyl (C=O) groups excluding carboxylic acids is 2. The van der Waals surface area contributed by atoms with Crippen molar-refractivity contribution in [2.45, 2.75) is 19.9 Å². The van der Waals surface area contributed by atoms with Gasteiger partial charge in [-0.2, -0.15) is 0 Å². The molecule has 25 heavy (non-hydrogen) atoms. The van der Waals surface area contributed by atoms with Crippen LogP contribution < -0.4 is 10.6 Å². The van der Waals surface area contributed by atoms with Crippen molar-refractivity contribution < 1.29 is 9.59 Å². The van der Waals surface area contributed by atoms with Crippen LogP contribution in [0.2, 0.25) is 0 Å². The maximum atomic E-state index is 12.3. The lowest BCUT2D eigenvalue weighted by Crippen LogP contribution is -2.41. The van der Waals surface area contributed by atoms with E-state index in [1.807, 2.05) is 68.4 Å². The van der Waals surface area contributed by atoms with Crippen molar-refractivity contribution in [2.24, 2.45) is 0 Å². The van der Waals surface area contributed by atoms with Crippen molar-refractivity contribution in [3.8, 4) is 11.1 Å². The Kier molecular flexibility index (Phi) is 6.71. The predicted molar refractivity (Wildman–Crippen MR) is 101 cm³/mol. The topological polar surface area (TPSA) is 61.4 Å². The number of nitrogens with one attached hydrogen (secondary N) is 2. The fourth-order valence-electron chi connectivity index (χ4n) is 2.57. The molecular formula is C20H25N3O2. The standard InChI is InChI=1S/C20H25N3O2/c1-15(2)21-19(24)13-23(3)14-20(25)22-18-12-8-7-11-17(18)16-9-5-4-6-10-16/h4-12,15H,13-14H2,1-3H3,(H,21,24)(H,22,25). The molecule has 0 fully saturated rings. The van der Waals surface area contributed by atoms with Gasteiger partial charge in [-0.05, 0) is 32.5 Å². The molecule has 0 bridgehead atoms. The highest BCUT2D eigenvalue weighted by Crippen LogP contribution is 2.27. The molecule has 2 rings (SSSR count). The second-order valence-electron chi connectivity index (χ2n) is 6.35. The van der Waals surface area contributed by atoms with Gasteiger partial charge in [0.2, 0.25) is 11.8 Å². The number of anilines is 1. The first-order valence-corrected chi connectivity index (χ1v) is 8.38. The zero-order valence-electron chi connectivity index (χ0n) is 15.0. The number of amides is 2. The summed E-state index contributed by atoms with van der Waals surface area (Å²) in [5.74, 6) is -0.238. The van der Waals surface area contributed by atoms with Crippen molar-refractivity contribution >= 4 is 17.5 Å². The largest absolute Gasteiger partial charge is 0.353 e. The zero-order chi connectivity index (χ0) is 18.2. The van der Waals surface area contributed by atoms with Gasteiger partial charge in [-0.3, -0.25) is 14.5 Å². The third-order valence-electron chi connectivity index (χ3n) is 3.56. The van der Waals surface area contributed by atoms with Crippen LogP contribution in [0.4, 0.5) is 5.69 Å². The van der Waals surface area contributed by atoms with Gasteiger partial charge in [-0.1, -0.05) is 48.5 Å². The van der Waals surface area contributed by atoms with Crippen LogP contribution in [0.25, 0.3) is 11.1 Å².